The minimum Gasteiger partial charge on any atom is -0.477 e. The second-order valence-electron chi connectivity index (χ2n) is 12.3. The van der Waals surface area contributed by atoms with Gasteiger partial charge in [-0.2, -0.15) is 13.2 Å². The molecule has 43 heavy (non-hydrogen) atoms. The number of carboxylic acids is 1. The lowest BCUT2D eigenvalue weighted by Gasteiger charge is -2.39. The van der Waals surface area contributed by atoms with Crippen LogP contribution in [0.3, 0.4) is 0 Å². The lowest BCUT2D eigenvalue weighted by Crippen LogP contribution is -2.47. The molecule has 0 aromatic carbocycles. The molecule has 234 valence electrons. The van der Waals surface area contributed by atoms with E-state index >= 15 is 0 Å². The van der Waals surface area contributed by atoms with Crippen molar-refractivity contribution in [1.82, 2.24) is 9.88 Å². The second kappa shape index (κ2) is 13.7. The summed E-state index contributed by atoms with van der Waals surface area (Å²) in [6, 6.07) is 5.10. The fourth-order valence-corrected chi connectivity index (χ4v) is 6.52. The van der Waals surface area contributed by atoms with E-state index in [0.29, 0.717) is 31.6 Å². The number of alkyl halides is 3. The minimum atomic E-state index is -4.54. The molecule has 0 aliphatic heterocycles. The molecule has 0 atom stereocenters. The number of amides is 1. The van der Waals surface area contributed by atoms with E-state index in [4.69, 9.17) is 4.74 Å². The molecule has 2 fully saturated rings. The summed E-state index contributed by atoms with van der Waals surface area (Å²) in [7, 11) is 3.98. The molecular weight excluding hydrogens is 579 g/mol. The molecule has 2 heterocycles. The van der Waals surface area contributed by atoms with Crippen LogP contribution in [0.5, 0.6) is 5.88 Å². The predicted molar refractivity (Wildman–Crippen MR) is 160 cm³/mol. The molecule has 0 saturated heterocycles. The number of nitrogens with zero attached hydrogens (tertiary/aromatic N) is 3. The Kier molecular flexibility index (Phi) is 10.4. The SMILES string of the molecule is CN(C)Cc1ccnc(O[C@H]2CC[C@H](N(C(=O)C3CCCCC3)c3cc(C#CC(C)(C)C(F)(F)F)sc3C(=O)O)CC2)c1. The Bertz CT molecular complexity index is 1350. The molecule has 0 radical (unpaired) electrons. The zero-order valence-electron chi connectivity index (χ0n) is 25.2. The number of carbonyl (C=O) groups excluding carboxylic acids is 1. The molecule has 1 amide bonds. The van der Waals surface area contributed by atoms with Gasteiger partial charge in [0.2, 0.25) is 11.8 Å². The van der Waals surface area contributed by atoms with Crippen LogP contribution >= 0.6 is 11.3 Å². The van der Waals surface area contributed by atoms with E-state index in [1.807, 2.05) is 26.2 Å². The van der Waals surface area contributed by atoms with Gasteiger partial charge in [0.05, 0.1) is 10.6 Å². The molecule has 4 rings (SSSR count). The van der Waals surface area contributed by atoms with Gasteiger partial charge in [-0.25, -0.2) is 9.78 Å². The molecule has 7 nitrogen and oxygen atoms in total. The average molecular weight is 620 g/mol. The number of anilines is 1. The van der Waals surface area contributed by atoms with Gasteiger partial charge < -0.3 is 19.6 Å². The number of carbonyl (C=O) groups is 2. The largest absolute Gasteiger partial charge is 0.477 e. The van der Waals surface area contributed by atoms with Gasteiger partial charge in [0.25, 0.3) is 0 Å². The maximum absolute atomic E-state index is 14.0. The van der Waals surface area contributed by atoms with Gasteiger partial charge in [0.1, 0.15) is 16.4 Å². The Morgan fingerprint density at radius 2 is 1.74 bits per heavy atom. The Hall–Kier alpha value is -3.10. The number of pyridine rings is 1. The van der Waals surface area contributed by atoms with Crippen LogP contribution in [0.1, 0.15) is 91.7 Å². The van der Waals surface area contributed by atoms with Crippen molar-refractivity contribution < 1.29 is 32.6 Å². The Morgan fingerprint density at radius 3 is 2.35 bits per heavy atom. The van der Waals surface area contributed by atoms with Crippen molar-refractivity contribution in [2.24, 2.45) is 11.3 Å². The fourth-order valence-electron chi connectivity index (χ4n) is 5.68. The average Bonchev–Trinajstić information content (AvgIpc) is 3.37. The molecule has 0 unspecified atom stereocenters. The van der Waals surface area contributed by atoms with Crippen LogP contribution in [0.15, 0.2) is 24.4 Å². The Balaban J connectivity index is 1.59. The van der Waals surface area contributed by atoms with Crippen LogP contribution in [0, 0.1) is 23.2 Å². The van der Waals surface area contributed by atoms with Crippen LogP contribution in [0.2, 0.25) is 0 Å². The van der Waals surface area contributed by atoms with Gasteiger partial charge >= 0.3 is 12.1 Å². The third kappa shape index (κ3) is 8.30. The summed E-state index contributed by atoms with van der Waals surface area (Å²) in [5.41, 5.74) is -0.953. The van der Waals surface area contributed by atoms with Crippen LogP contribution in [0.4, 0.5) is 18.9 Å². The fraction of sp³-hybridized carbons (Fsp3) is 0.594. The van der Waals surface area contributed by atoms with E-state index in [0.717, 1.165) is 69.4 Å². The smallest absolute Gasteiger partial charge is 0.404 e. The van der Waals surface area contributed by atoms with Gasteiger partial charge in [0.15, 0.2) is 0 Å². The second-order valence-corrected chi connectivity index (χ2v) is 13.4. The number of ether oxygens (including phenoxy) is 1. The maximum Gasteiger partial charge on any atom is 0.404 e. The van der Waals surface area contributed by atoms with Crippen molar-refractivity contribution >= 4 is 28.9 Å². The highest BCUT2D eigenvalue weighted by molar-refractivity contribution is 7.15. The quantitative estimate of drug-likeness (QED) is 0.316. The normalized spacial score (nSPS) is 19.9. The molecule has 2 aromatic rings. The first kappa shape index (κ1) is 32.8. The summed E-state index contributed by atoms with van der Waals surface area (Å²) in [5.74, 6) is 3.80. The molecule has 0 spiro atoms. The highest BCUT2D eigenvalue weighted by atomic mass is 32.1. The van der Waals surface area contributed by atoms with Crippen molar-refractivity contribution in [3.63, 3.8) is 0 Å². The topological polar surface area (TPSA) is 83.0 Å². The van der Waals surface area contributed by atoms with Crippen molar-refractivity contribution in [2.45, 2.75) is 96.5 Å². The summed E-state index contributed by atoms with van der Waals surface area (Å²) in [4.78, 5) is 34.5. The molecule has 2 saturated carbocycles. The number of hydrogen-bond acceptors (Lipinski definition) is 6. The zero-order valence-corrected chi connectivity index (χ0v) is 26.0. The third-order valence-corrected chi connectivity index (χ3v) is 9.19. The molecule has 0 bridgehead atoms. The number of thiophene rings is 1. The van der Waals surface area contributed by atoms with Crippen molar-refractivity contribution in [3.8, 4) is 17.7 Å². The summed E-state index contributed by atoms with van der Waals surface area (Å²) in [6.45, 7) is 2.73. The molecule has 2 aliphatic carbocycles. The molecule has 2 aromatic heterocycles. The van der Waals surface area contributed by atoms with Crippen LogP contribution in [-0.2, 0) is 11.3 Å². The van der Waals surface area contributed by atoms with Crippen LogP contribution in [-0.4, -0.2) is 59.3 Å². The first-order valence-corrected chi connectivity index (χ1v) is 15.6. The molecule has 1 N–H and O–H groups in total. The van der Waals surface area contributed by atoms with Crippen molar-refractivity contribution in [3.05, 3.63) is 39.7 Å². The standard InChI is InChI=1S/C32H40F3N3O4S/c1-31(2,32(33,34)35)16-14-25-19-26(28(43-25)30(40)41)38(29(39)22-8-6-5-7-9-22)23-10-12-24(13-11-23)42-27-18-21(15-17-36-27)20-37(3)4/h15,17-19,22-24H,5-13,20H2,1-4H3,(H,40,41)/t23-,24-. The Labute approximate surface area is 255 Å². The van der Waals surface area contributed by atoms with E-state index in [-0.39, 0.29) is 39.4 Å². The van der Waals surface area contributed by atoms with E-state index in [9.17, 15) is 27.9 Å². The lowest BCUT2D eigenvalue weighted by atomic mass is 9.86. The number of halogens is 3. The summed E-state index contributed by atoms with van der Waals surface area (Å²) in [6.07, 6.45) is 3.98. The summed E-state index contributed by atoms with van der Waals surface area (Å²) in [5, 5.41) is 10.1. The maximum atomic E-state index is 14.0. The van der Waals surface area contributed by atoms with Gasteiger partial charge in [-0.15, -0.1) is 11.3 Å². The predicted octanol–water partition coefficient (Wildman–Crippen LogP) is 7.15. The van der Waals surface area contributed by atoms with Crippen LogP contribution < -0.4 is 9.64 Å². The van der Waals surface area contributed by atoms with Gasteiger partial charge in [0, 0.05) is 30.8 Å². The van der Waals surface area contributed by atoms with E-state index in [2.05, 4.69) is 21.7 Å². The number of aromatic nitrogens is 1. The lowest BCUT2D eigenvalue weighted by molar-refractivity contribution is -0.190. The highest BCUT2D eigenvalue weighted by Crippen LogP contribution is 2.40. The summed E-state index contributed by atoms with van der Waals surface area (Å²) >= 11 is 0.812. The monoisotopic (exact) mass is 619 g/mol. The van der Waals surface area contributed by atoms with E-state index < -0.39 is 17.6 Å². The first-order valence-electron chi connectivity index (χ1n) is 14.8. The number of aromatic carboxylic acids is 1. The number of rotatable bonds is 8. The van der Waals surface area contributed by atoms with Crippen molar-refractivity contribution in [1.29, 1.82) is 0 Å². The third-order valence-electron chi connectivity index (χ3n) is 8.16. The molecule has 11 heteroatoms. The minimum absolute atomic E-state index is 0.0847. The number of hydrogen-bond donors (Lipinski definition) is 1. The van der Waals surface area contributed by atoms with E-state index in [1.54, 1.807) is 11.1 Å². The Morgan fingerprint density at radius 1 is 1.07 bits per heavy atom. The summed E-state index contributed by atoms with van der Waals surface area (Å²) < 4.78 is 46.4. The van der Waals surface area contributed by atoms with Gasteiger partial charge in [-0.1, -0.05) is 31.1 Å². The van der Waals surface area contributed by atoms with Crippen molar-refractivity contribution in [2.75, 3.05) is 19.0 Å². The molecular formula is C32H40F3N3O4S. The van der Waals surface area contributed by atoms with Gasteiger partial charge in [-0.05, 0) is 84.2 Å². The van der Waals surface area contributed by atoms with E-state index in [1.165, 1.54) is 6.07 Å². The molecule has 2 aliphatic rings. The van der Waals surface area contributed by atoms with Gasteiger partial charge in [-0.3, -0.25) is 4.79 Å². The first-order chi connectivity index (χ1) is 20.2. The number of carboxylic acid groups (broad SMARTS) is 1. The zero-order chi connectivity index (χ0) is 31.4. The highest BCUT2D eigenvalue weighted by Gasteiger charge is 2.46. The van der Waals surface area contributed by atoms with Crippen LogP contribution in [0.25, 0.3) is 0 Å².